The number of nitrogens with two attached hydrogens (primary N) is 1. The zero-order chi connectivity index (χ0) is 16.7. The van der Waals surface area contributed by atoms with Crippen molar-refractivity contribution in [2.24, 2.45) is 5.10 Å². The van der Waals surface area contributed by atoms with Gasteiger partial charge in [-0.05, 0) is 12.1 Å². The third-order valence-corrected chi connectivity index (χ3v) is 3.47. The van der Waals surface area contributed by atoms with Crippen LogP contribution in [0.3, 0.4) is 0 Å². The summed E-state index contributed by atoms with van der Waals surface area (Å²) in [6.07, 6.45) is -8.44. The van der Waals surface area contributed by atoms with Crippen LogP contribution in [-0.2, 0) is 0 Å². The number of halogens is 4. The van der Waals surface area contributed by atoms with Gasteiger partial charge < -0.3 is 15.2 Å². The normalized spacial score (nSPS) is 18.1. The molecular weight excluding hydrogens is 340 g/mol. The lowest BCUT2D eigenvalue weighted by Gasteiger charge is -2.32. The molecule has 3 N–H and O–H groups in total. The summed E-state index contributed by atoms with van der Waals surface area (Å²) in [5.74, 6) is -0.751. The molecule has 1 aromatic carbocycles. The molecule has 3 rings (SSSR count). The Balaban J connectivity index is 1.85. The lowest BCUT2D eigenvalue weighted by molar-refractivity contribution is -0.391. The van der Waals surface area contributed by atoms with Gasteiger partial charge in [-0.1, -0.05) is 6.07 Å². The van der Waals surface area contributed by atoms with Crippen molar-refractivity contribution in [2.45, 2.75) is 12.2 Å². The third kappa shape index (κ3) is 2.86. The summed E-state index contributed by atoms with van der Waals surface area (Å²) in [5.41, 5.74) is 7.97. The number of aromatic nitrogens is 1. The number of nitrogens with zero attached hydrogens (tertiary/aromatic N) is 2. The molecule has 2 heterocycles. The molecule has 0 unspecified atom stereocenters. The highest BCUT2D eigenvalue weighted by Gasteiger charge is 2.66. The molecule has 122 valence electrons. The molecule has 0 saturated carbocycles. The molecule has 0 saturated heterocycles. The number of hydrazone groups is 1. The largest absolute Gasteiger partial charge is 0.507 e. The minimum absolute atomic E-state index is 0.0229. The van der Waals surface area contributed by atoms with Crippen molar-refractivity contribution in [3.8, 4) is 11.5 Å². The quantitative estimate of drug-likeness (QED) is 0.506. The maximum atomic E-state index is 13.3. The number of thiazole rings is 1. The second kappa shape index (κ2) is 5.26. The Hall–Kier alpha value is -2.56. The van der Waals surface area contributed by atoms with Crippen LogP contribution in [-0.4, -0.2) is 23.4 Å². The molecule has 2 aromatic rings. The van der Waals surface area contributed by atoms with Crippen LogP contribution in [0.25, 0.3) is 0 Å². The molecular formula is C12H8F4N4O2S. The van der Waals surface area contributed by atoms with E-state index in [0.717, 1.165) is 12.3 Å². The number of rotatable bonds is 3. The van der Waals surface area contributed by atoms with Crippen molar-refractivity contribution in [3.63, 3.8) is 0 Å². The number of ether oxygens (including phenoxy) is 2. The minimum atomic E-state index is -4.79. The van der Waals surface area contributed by atoms with Gasteiger partial charge >= 0.3 is 12.2 Å². The average Bonchev–Trinajstić information content (AvgIpc) is 2.86. The van der Waals surface area contributed by atoms with E-state index in [4.69, 9.17) is 5.73 Å². The van der Waals surface area contributed by atoms with Crippen LogP contribution in [0.2, 0.25) is 0 Å². The number of alkyl halides is 4. The first-order chi connectivity index (χ1) is 10.8. The Bertz CT molecular complexity index is 765. The second-order valence-corrected chi connectivity index (χ2v) is 5.22. The fourth-order valence-electron chi connectivity index (χ4n) is 1.70. The molecule has 11 heteroatoms. The van der Waals surface area contributed by atoms with Gasteiger partial charge in [0.25, 0.3) is 0 Å². The molecule has 23 heavy (non-hydrogen) atoms. The van der Waals surface area contributed by atoms with Crippen molar-refractivity contribution in [3.05, 3.63) is 29.1 Å². The fraction of sp³-hybridized carbons (Fsp3) is 0.167. The summed E-state index contributed by atoms with van der Waals surface area (Å²) in [4.78, 5) is 3.87. The van der Waals surface area contributed by atoms with Crippen LogP contribution in [0.5, 0.6) is 11.5 Å². The Morgan fingerprint density at radius 2 is 1.96 bits per heavy atom. The van der Waals surface area contributed by atoms with E-state index >= 15 is 0 Å². The molecule has 6 nitrogen and oxygen atoms in total. The van der Waals surface area contributed by atoms with E-state index < -0.39 is 23.7 Å². The highest BCUT2D eigenvalue weighted by atomic mass is 32.1. The first-order valence-electron chi connectivity index (χ1n) is 6.05. The molecule has 0 aliphatic carbocycles. The van der Waals surface area contributed by atoms with E-state index in [1.54, 1.807) is 5.38 Å². The number of para-hydroxylation sites is 1. The monoisotopic (exact) mass is 348 g/mol. The van der Waals surface area contributed by atoms with Crippen molar-refractivity contribution < 1.29 is 27.0 Å². The smallest absolute Gasteiger partial charge is 0.421 e. The zero-order valence-electron chi connectivity index (χ0n) is 11.1. The number of benzene rings is 1. The Kier molecular flexibility index (Phi) is 3.51. The Morgan fingerprint density at radius 3 is 2.65 bits per heavy atom. The molecule has 0 radical (unpaired) electrons. The molecule has 0 fully saturated rings. The summed E-state index contributed by atoms with van der Waals surface area (Å²) in [5, 5.41) is 5.71. The molecule has 1 aromatic heterocycles. The summed E-state index contributed by atoms with van der Waals surface area (Å²) < 4.78 is 60.9. The van der Waals surface area contributed by atoms with Crippen molar-refractivity contribution >= 4 is 28.5 Å². The van der Waals surface area contributed by atoms with Gasteiger partial charge in [-0.25, -0.2) is 4.98 Å². The molecule has 0 spiro atoms. The van der Waals surface area contributed by atoms with Crippen LogP contribution in [0.1, 0.15) is 5.56 Å². The number of nitrogen functional groups attached to an aromatic ring is 1. The van der Waals surface area contributed by atoms with Gasteiger partial charge in [0.05, 0.1) is 6.21 Å². The average molecular weight is 348 g/mol. The number of anilines is 2. The van der Waals surface area contributed by atoms with Crippen molar-refractivity contribution in [1.82, 2.24) is 4.98 Å². The number of hydrogen-bond acceptors (Lipinski definition) is 7. The van der Waals surface area contributed by atoms with Crippen LogP contribution < -0.4 is 20.6 Å². The van der Waals surface area contributed by atoms with E-state index in [0.29, 0.717) is 10.9 Å². The number of hydrogen-bond donors (Lipinski definition) is 2. The fourth-order valence-corrected chi connectivity index (χ4v) is 2.25. The van der Waals surface area contributed by atoms with Gasteiger partial charge in [-0.15, -0.1) is 11.3 Å². The van der Waals surface area contributed by atoms with Gasteiger partial charge in [-0.3, -0.25) is 5.43 Å². The lowest BCUT2D eigenvalue weighted by atomic mass is 10.2. The van der Waals surface area contributed by atoms with E-state index in [2.05, 4.69) is 25.0 Å². The summed E-state index contributed by atoms with van der Waals surface area (Å²) in [6.45, 7) is 0. The van der Waals surface area contributed by atoms with Crippen molar-refractivity contribution in [1.29, 1.82) is 0 Å². The number of nitrogens with one attached hydrogen (secondary N) is 1. The molecule has 0 bridgehead atoms. The summed E-state index contributed by atoms with van der Waals surface area (Å²) in [6, 6.07) is 3.78. The standard InChI is InChI=1S/C12H8F4N4O2S/c13-11(14)12(15,16)22-9-6(2-1-3-7(9)21-11)4-18-20-10-19-8(17)5-23-10/h1-5H,17H2,(H,19,20). The van der Waals surface area contributed by atoms with Gasteiger partial charge in [-0.2, -0.15) is 22.7 Å². The molecule has 0 atom stereocenters. The van der Waals surface area contributed by atoms with E-state index in [1.807, 2.05) is 0 Å². The second-order valence-electron chi connectivity index (χ2n) is 4.36. The highest BCUT2D eigenvalue weighted by Crippen LogP contribution is 2.47. The molecule has 1 aliphatic heterocycles. The SMILES string of the molecule is Nc1csc(NN=Cc2cccc3c2OC(F)(F)C(F)(F)O3)n1. The summed E-state index contributed by atoms with van der Waals surface area (Å²) in [7, 11) is 0. The van der Waals surface area contributed by atoms with Gasteiger partial charge in [0.2, 0.25) is 5.13 Å². The zero-order valence-corrected chi connectivity index (χ0v) is 11.9. The predicted octanol–water partition coefficient (Wildman–Crippen LogP) is 3.13. The maximum absolute atomic E-state index is 13.3. The van der Waals surface area contributed by atoms with Crippen molar-refractivity contribution in [2.75, 3.05) is 11.2 Å². The van der Waals surface area contributed by atoms with Gasteiger partial charge in [0.1, 0.15) is 5.82 Å². The number of fused-ring (bicyclic) bond motifs is 1. The predicted molar refractivity (Wildman–Crippen MR) is 75.3 cm³/mol. The maximum Gasteiger partial charge on any atom is 0.507 e. The van der Waals surface area contributed by atoms with E-state index in [1.165, 1.54) is 23.5 Å². The van der Waals surface area contributed by atoms with Crippen LogP contribution in [0.4, 0.5) is 28.5 Å². The Labute approximate surface area is 130 Å². The highest BCUT2D eigenvalue weighted by molar-refractivity contribution is 7.14. The van der Waals surface area contributed by atoms with Crippen LogP contribution >= 0.6 is 11.3 Å². The first-order valence-corrected chi connectivity index (χ1v) is 6.93. The van der Waals surface area contributed by atoms with E-state index in [-0.39, 0.29) is 5.56 Å². The van der Waals surface area contributed by atoms with Gasteiger partial charge in [0.15, 0.2) is 11.5 Å². The molecule has 1 aliphatic rings. The summed E-state index contributed by atoms with van der Waals surface area (Å²) >= 11 is 1.18. The van der Waals surface area contributed by atoms with Crippen LogP contribution in [0, 0.1) is 0 Å². The van der Waals surface area contributed by atoms with E-state index in [9.17, 15) is 17.6 Å². The topological polar surface area (TPSA) is 81.8 Å². The lowest BCUT2D eigenvalue weighted by Crippen LogP contribution is -2.52. The third-order valence-electron chi connectivity index (χ3n) is 2.70. The first kappa shape index (κ1) is 15.3. The van der Waals surface area contributed by atoms with Gasteiger partial charge in [0, 0.05) is 10.9 Å². The van der Waals surface area contributed by atoms with Crippen LogP contribution in [0.15, 0.2) is 28.7 Å². The molecule has 0 amide bonds. The minimum Gasteiger partial charge on any atom is -0.421 e. The Morgan fingerprint density at radius 1 is 1.22 bits per heavy atom.